The van der Waals surface area contributed by atoms with Crippen LogP contribution in [0.1, 0.15) is 33.3 Å². The highest BCUT2D eigenvalue weighted by molar-refractivity contribution is 7.97. The molecule has 2 heteroatoms. The van der Waals surface area contributed by atoms with Crippen molar-refractivity contribution in [1.82, 2.24) is 4.90 Å². The van der Waals surface area contributed by atoms with Crippen LogP contribution in [0.3, 0.4) is 0 Å². The van der Waals surface area contributed by atoms with Crippen LogP contribution in [0.15, 0.2) is 99.6 Å². The summed E-state index contributed by atoms with van der Waals surface area (Å²) in [5.74, 6) is 0. The SMILES string of the molecule is CC(C)N(Cc1ccc([S+](c2ccccc2)c2ccccc2)cc1)C(C)C. The van der Waals surface area contributed by atoms with Gasteiger partial charge in [0.15, 0.2) is 14.7 Å². The van der Waals surface area contributed by atoms with E-state index >= 15 is 0 Å². The van der Waals surface area contributed by atoms with E-state index in [0.29, 0.717) is 12.1 Å². The lowest BCUT2D eigenvalue weighted by atomic mass is 10.1. The lowest BCUT2D eigenvalue weighted by Gasteiger charge is -2.30. The third-order valence-electron chi connectivity index (χ3n) is 4.81. The minimum Gasteiger partial charge on any atom is -0.294 e. The summed E-state index contributed by atoms with van der Waals surface area (Å²) < 4.78 is 0. The van der Waals surface area contributed by atoms with Crippen LogP contribution in [0.25, 0.3) is 0 Å². The van der Waals surface area contributed by atoms with Crippen LogP contribution in [0.2, 0.25) is 0 Å². The van der Waals surface area contributed by atoms with Crippen LogP contribution >= 0.6 is 0 Å². The van der Waals surface area contributed by atoms with Crippen molar-refractivity contribution >= 4 is 10.9 Å². The Labute approximate surface area is 167 Å². The zero-order valence-corrected chi connectivity index (χ0v) is 17.6. The van der Waals surface area contributed by atoms with E-state index in [2.05, 4.69) is 118 Å². The molecule has 0 bridgehead atoms. The van der Waals surface area contributed by atoms with Crippen molar-refractivity contribution in [3.8, 4) is 0 Å². The molecule has 0 aromatic heterocycles. The third kappa shape index (κ3) is 5.03. The van der Waals surface area contributed by atoms with Crippen molar-refractivity contribution in [3.05, 3.63) is 90.5 Å². The van der Waals surface area contributed by atoms with Crippen LogP contribution in [-0.2, 0) is 17.4 Å². The van der Waals surface area contributed by atoms with Gasteiger partial charge in [-0.2, -0.15) is 0 Å². The second-order valence-corrected chi connectivity index (χ2v) is 9.46. The molecule has 3 aromatic carbocycles. The number of rotatable bonds is 7. The van der Waals surface area contributed by atoms with Crippen LogP contribution in [0.4, 0.5) is 0 Å². The fraction of sp³-hybridized carbons (Fsp3) is 0.280. The Bertz CT molecular complexity index is 762. The molecule has 0 saturated carbocycles. The van der Waals surface area contributed by atoms with E-state index in [4.69, 9.17) is 0 Å². The largest absolute Gasteiger partial charge is 0.294 e. The van der Waals surface area contributed by atoms with E-state index in [0.717, 1.165) is 6.54 Å². The Kier molecular flexibility index (Phi) is 6.76. The second kappa shape index (κ2) is 9.25. The van der Waals surface area contributed by atoms with E-state index < -0.39 is 0 Å². The summed E-state index contributed by atoms with van der Waals surface area (Å²) in [4.78, 5) is 6.63. The lowest BCUT2D eigenvalue weighted by molar-refractivity contribution is 0.166. The molecule has 0 fully saturated rings. The highest BCUT2D eigenvalue weighted by Crippen LogP contribution is 2.31. The molecule has 0 N–H and O–H groups in total. The van der Waals surface area contributed by atoms with Gasteiger partial charge in [0.1, 0.15) is 0 Å². The van der Waals surface area contributed by atoms with Gasteiger partial charge in [0.2, 0.25) is 0 Å². The van der Waals surface area contributed by atoms with Gasteiger partial charge in [0, 0.05) is 18.6 Å². The predicted molar refractivity (Wildman–Crippen MR) is 117 cm³/mol. The molecule has 140 valence electrons. The fourth-order valence-electron chi connectivity index (χ4n) is 3.42. The average molecular weight is 377 g/mol. The minimum atomic E-state index is -0.0668. The Morgan fingerprint density at radius 3 is 1.41 bits per heavy atom. The molecule has 0 aliphatic rings. The summed E-state index contributed by atoms with van der Waals surface area (Å²) in [6.45, 7) is 10.1. The van der Waals surface area contributed by atoms with Crippen LogP contribution < -0.4 is 0 Å². The molecular weight excluding hydrogens is 346 g/mol. The molecule has 3 aromatic rings. The molecule has 0 saturated heterocycles. The smallest absolute Gasteiger partial charge is 0.166 e. The molecule has 0 spiro atoms. The molecule has 0 amide bonds. The van der Waals surface area contributed by atoms with Gasteiger partial charge in [-0.3, -0.25) is 4.90 Å². The first-order valence-corrected chi connectivity index (χ1v) is 11.0. The van der Waals surface area contributed by atoms with Gasteiger partial charge in [-0.1, -0.05) is 48.5 Å². The molecular formula is C25H30NS+. The van der Waals surface area contributed by atoms with Crippen LogP contribution in [0, 0.1) is 0 Å². The van der Waals surface area contributed by atoms with Crippen molar-refractivity contribution in [3.63, 3.8) is 0 Å². The lowest BCUT2D eigenvalue weighted by Crippen LogP contribution is -2.36. The Balaban J connectivity index is 1.90. The van der Waals surface area contributed by atoms with E-state index in [1.54, 1.807) is 0 Å². The third-order valence-corrected chi connectivity index (χ3v) is 7.04. The number of nitrogens with zero attached hydrogens (tertiary/aromatic N) is 1. The number of benzene rings is 3. The molecule has 0 aliphatic carbocycles. The van der Waals surface area contributed by atoms with Crippen molar-refractivity contribution in [2.24, 2.45) is 0 Å². The van der Waals surface area contributed by atoms with Crippen LogP contribution in [0.5, 0.6) is 0 Å². The summed E-state index contributed by atoms with van der Waals surface area (Å²) in [6.07, 6.45) is 0. The first-order valence-electron chi connectivity index (χ1n) is 9.75. The van der Waals surface area contributed by atoms with Gasteiger partial charge in [0.25, 0.3) is 0 Å². The summed E-state index contributed by atoms with van der Waals surface area (Å²) in [7, 11) is -0.0668. The number of hydrogen-bond donors (Lipinski definition) is 0. The van der Waals surface area contributed by atoms with Crippen molar-refractivity contribution in [2.45, 2.75) is 61.0 Å². The van der Waals surface area contributed by atoms with Gasteiger partial charge in [-0.05, 0) is 69.7 Å². The maximum atomic E-state index is 2.53. The van der Waals surface area contributed by atoms with Gasteiger partial charge in [0.05, 0.1) is 10.9 Å². The summed E-state index contributed by atoms with van der Waals surface area (Å²) in [5, 5.41) is 0. The molecule has 0 radical (unpaired) electrons. The monoisotopic (exact) mass is 376 g/mol. The van der Waals surface area contributed by atoms with E-state index in [-0.39, 0.29) is 10.9 Å². The summed E-state index contributed by atoms with van der Waals surface area (Å²) >= 11 is 0. The zero-order valence-electron chi connectivity index (χ0n) is 16.8. The minimum absolute atomic E-state index is 0.0668. The molecule has 0 atom stereocenters. The first-order chi connectivity index (χ1) is 13.1. The number of hydrogen-bond acceptors (Lipinski definition) is 1. The topological polar surface area (TPSA) is 3.24 Å². The normalized spacial score (nSPS) is 11.7. The standard InChI is InChI=1S/C25H30NS/c1-20(2)26(21(3)4)19-22-15-17-25(18-16-22)27(23-11-7-5-8-12-23)24-13-9-6-10-14-24/h5-18,20-21H,19H2,1-4H3/q+1. The van der Waals surface area contributed by atoms with Crippen molar-refractivity contribution < 1.29 is 0 Å². The molecule has 0 unspecified atom stereocenters. The van der Waals surface area contributed by atoms with Crippen LogP contribution in [-0.4, -0.2) is 17.0 Å². The zero-order chi connectivity index (χ0) is 19.2. The van der Waals surface area contributed by atoms with Gasteiger partial charge in [-0.15, -0.1) is 0 Å². The highest BCUT2D eigenvalue weighted by Gasteiger charge is 2.28. The summed E-state index contributed by atoms with van der Waals surface area (Å²) in [5.41, 5.74) is 1.38. The molecule has 3 rings (SSSR count). The van der Waals surface area contributed by atoms with Gasteiger partial charge in [-0.25, -0.2) is 0 Å². The Morgan fingerprint density at radius 2 is 1.00 bits per heavy atom. The molecule has 0 aliphatic heterocycles. The van der Waals surface area contributed by atoms with Gasteiger partial charge >= 0.3 is 0 Å². The molecule has 0 heterocycles. The van der Waals surface area contributed by atoms with E-state index in [1.807, 2.05) is 0 Å². The first kappa shape index (κ1) is 19.7. The maximum absolute atomic E-state index is 2.53. The summed E-state index contributed by atoms with van der Waals surface area (Å²) in [6, 6.07) is 32.0. The van der Waals surface area contributed by atoms with Crippen molar-refractivity contribution in [2.75, 3.05) is 0 Å². The van der Waals surface area contributed by atoms with E-state index in [9.17, 15) is 0 Å². The molecule has 27 heavy (non-hydrogen) atoms. The Morgan fingerprint density at radius 1 is 0.593 bits per heavy atom. The van der Waals surface area contributed by atoms with Gasteiger partial charge < -0.3 is 0 Å². The molecule has 1 nitrogen and oxygen atoms in total. The quantitative estimate of drug-likeness (QED) is 0.431. The second-order valence-electron chi connectivity index (χ2n) is 7.44. The predicted octanol–water partition coefficient (Wildman–Crippen LogP) is 6.40. The van der Waals surface area contributed by atoms with Crippen molar-refractivity contribution in [1.29, 1.82) is 0 Å². The fourth-order valence-corrected chi connectivity index (χ4v) is 5.51. The maximum Gasteiger partial charge on any atom is 0.166 e. The Hall–Kier alpha value is -2.03. The highest BCUT2D eigenvalue weighted by atomic mass is 32.2. The van der Waals surface area contributed by atoms with E-state index in [1.165, 1.54) is 20.2 Å². The average Bonchev–Trinajstić information content (AvgIpc) is 2.68.